The summed E-state index contributed by atoms with van der Waals surface area (Å²) in [4.78, 5) is 24.5. The molecule has 0 heterocycles. The van der Waals surface area contributed by atoms with Gasteiger partial charge in [-0.15, -0.1) is 0 Å². The zero-order chi connectivity index (χ0) is 19.8. The molecule has 0 saturated heterocycles. The quantitative estimate of drug-likeness (QED) is 0.775. The Hall–Kier alpha value is -1.07. The first-order valence-corrected chi connectivity index (χ1v) is 10.3. The van der Waals surface area contributed by atoms with E-state index in [9.17, 15) is 19.8 Å². The number of aliphatic hydroxyl groups is 2. The second-order valence-electron chi connectivity index (χ2n) is 10.0. The smallest absolute Gasteiger partial charge is 0.161 e. The van der Waals surface area contributed by atoms with E-state index in [2.05, 4.69) is 0 Å². The van der Waals surface area contributed by atoms with Gasteiger partial charge in [-0.05, 0) is 55.9 Å². The van der Waals surface area contributed by atoms with Crippen LogP contribution in [0, 0.1) is 34.5 Å². The first-order chi connectivity index (χ1) is 12.6. The summed E-state index contributed by atoms with van der Waals surface area (Å²) in [5.74, 6) is -0.948. The van der Waals surface area contributed by atoms with E-state index in [4.69, 9.17) is 0 Å². The zero-order valence-corrected chi connectivity index (χ0v) is 16.5. The number of carbonyl (C=O) groups is 2. The predicted molar refractivity (Wildman–Crippen MR) is 98.6 cm³/mol. The summed E-state index contributed by atoms with van der Waals surface area (Å²) in [7, 11) is 0. The zero-order valence-electron chi connectivity index (χ0n) is 16.5. The molecule has 4 nitrogen and oxygen atoms in total. The normalized spacial score (nSPS) is 51.9. The Morgan fingerprint density at radius 1 is 1.22 bits per heavy atom. The summed E-state index contributed by atoms with van der Waals surface area (Å²) in [5, 5.41) is 20.5. The number of hydrogen-bond acceptors (Lipinski definition) is 4. The van der Waals surface area contributed by atoms with Gasteiger partial charge in [-0.25, -0.2) is 4.39 Å². The van der Waals surface area contributed by atoms with Gasteiger partial charge in [0.2, 0.25) is 0 Å². The molecule has 8 atom stereocenters. The van der Waals surface area contributed by atoms with E-state index in [1.54, 1.807) is 6.08 Å². The maximum atomic E-state index is 16.9. The molecule has 4 rings (SSSR count). The van der Waals surface area contributed by atoms with E-state index in [1.807, 2.05) is 20.8 Å². The molecule has 0 radical (unpaired) electrons. The molecule has 0 bridgehead atoms. The van der Waals surface area contributed by atoms with E-state index < -0.39 is 29.2 Å². The topological polar surface area (TPSA) is 74.6 Å². The second-order valence-corrected chi connectivity index (χ2v) is 10.0. The molecule has 150 valence electrons. The molecule has 5 heteroatoms. The van der Waals surface area contributed by atoms with Crippen molar-refractivity contribution in [3.63, 3.8) is 0 Å². The molecule has 0 aromatic carbocycles. The lowest BCUT2D eigenvalue weighted by molar-refractivity contribution is -0.210. The summed E-state index contributed by atoms with van der Waals surface area (Å²) in [6.07, 6.45) is 3.87. The van der Waals surface area contributed by atoms with Crippen LogP contribution in [0.25, 0.3) is 0 Å². The summed E-state index contributed by atoms with van der Waals surface area (Å²) < 4.78 is 16.9. The molecule has 0 aromatic heterocycles. The third-order valence-corrected chi connectivity index (χ3v) is 8.89. The maximum Gasteiger partial charge on any atom is 0.161 e. The molecule has 0 amide bonds. The minimum Gasteiger partial charge on any atom is -0.390 e. The summed E-state index contributed by atoms with van der Waals surface area (Å²) >= 11 is 0. The standard InChI is InChI=1S/C22H31FO4/c1-12-9-21(3)13(8-17(12)25)4-5-15-14-6-7-16(18(26)11-24)20(14,2)10-19(27)22(15,21)23/h8,12,14-16,19,24,27H,4-7,9-11H2,1-3H3/t12-,14+,15+,16-,19+,20+,21+,22+/m1/s1. The molecule has 4 aliphatic rings. The van der Waals surface area contributed by atoms with Crippen molar-refractivity contribution >= 4 is 11.6 Å². The second kappa shape index (κ2) is 5.96. The van der Waals surface area contributed by atoms with Gasteiger partial charge >= 0.3 is 0 Å². The average Bonchev–Trinajstić information content (AvgIpc) is 2.94. The van der Waals surface area contributed by atoms with Gasteiger partial charge in [-0.3, -0.25) is 9.59 Å². The first-order valence-electron chi connectivity index (χ1n) is 10.3. The van der Waals surface area contributed by atoms with Crippen molar-refractivity contribution in [3.05, 3.63) is 11.6 Å². The third kappa shape index (κ3) is 2.27. The van der Waals surface area contributed by atoms with Crippen molar-refractivity contribution < 1.29 is 24.2 Å². The minimum atomic E-state index is -1.77. The van der Waals surface area contributed by atoms with Crippen LogP contribution in [-0.4, -0.2) is 40.2 Å². The Labute approximate surface area is 160 Å². The Bertz CT molecular complexity index is 717. The number of fused-ring (bicyclic) bond motifs is 5. The molecule has 3 fully saturated rings. The highest BCUT2D eigenvalue weighted by Gasteiger charge is 2.71. The van der Waals surface area contributed by atoms with E-state index in [1.165, 1.54) is 0 Å². The summed E-state index contributed by atoms with van der Waals surface area (Å²) in [5.41, 5.74) is -2.21. The molecule has 2 N–H and O–H groups in total. The molecule has 0 unspecified atom stereocenters. The Morgan fingerprint density at radius 3 is 2.59 bits per heavy atom. The van der Waals surface area contributed by atoms with Gasteiger partial charge in [0, 0.05) is 23.2 Å². The molecule has 0 spiro atoms. The van der Waals surface area contributed by atoms with Gasteiger partial charge in [0.25, 0.3) is 0 Å². The van der Waals surface area contributed by atoms with Crippen molar-refractivity contribution in [1.82, 2.24) is 0 Å². The van der Waals surface area contributed by atoms with Gasteiger partial charge in [0.15, 0.2) is 11.6 Å². The number of Topliss-reactive ketones (excluding diaryl/α,β-unsaturated/α-hetero) is 1. The van der Waals surface area contributed by atoms with Gasteiger partial charge < -0.3 is 10.2 Å². The lowest BCUT2D eigenvalue weighted by Gasteiger charge is -2.63. The highest BCUT2D eigenvalue weighted by atomic mass is 19.1. The number of halogens is 1. The number of allylic oxidation sites excluding steroid dienone is 1. The monoisotopic (exact) mass is 378 g/mol. The SMILES string of the molecule is C[C@@H]1C[C@@]2(C)C(=CC1=O)CC[C@H]1[C@@H]3CC[C@H](C(=O)CO)[C@@]3(C)C[C@H](O)[C@@]12F. The van der Waals surface area contributed by atoms with Crippen LogP contribution in [0.2, 0.25) is 0 Å². The van der Waals surface area contributed by atoms with Crippen LogP contribution in [-0.2, 0) is 9.59 Å². The van der Waals surface area contributed by atoms with Crippen LogP contribution in [0.3, 0.4) is 0 Å². The maximum absolute atomic E-state index is 16.9. The van der Waals surface area contributed by atoms with Crippen LogP contribution in [0.4, 0.5) is 4.39 Å². The third-order valence-electron chi connectivity index (χ3n) is 8.89. The predicted octanol–water partition coefficient (Wildman–Crippen LogP) is 3.00. The Balaban J connectivity index is 1.77. The van der Waals surface area contributed by atoms with Gasteiger partial charge in [-0.2, -0.15) is 0 Å². The number of hydrogen-bond donors (Lipinski definition) is 2. The van der Waals surface area contributed by atoms with E-state index in [-0.39, 0.29) is 41.7 Å². The fourth-order valence-corrected chi connectivity index (χ4v) is 7.53. The number of aliphatic hydroxyl groups excluding tert-OH is 2. The molecular formula is C22H31FO4. The minimum absolute atomic E-state index is 0.0257. The van der Waals surface area contributed by atoms with Crippen molar-refractivity contribution in [2.45, 2.75) is 71.1 Å². The molecular weight excluding hydrogens is 347 g/mol. The largest absolute Gasteiger partial charge is 0.390 e. The summed E-state index contributed by atoms with van der Waals surface area (Å²) in [6, 6.07) is 0. The lowest BCUT2D eigenvalue weighted by Crippen LogP contribution is -2.67. The van der Waals surface area contributed by atoms with Crippen molar-refractivity contribution in [3.8, 4) is 0 Å². The Kier molecular flexibility index (Phi) is 4.25. The van der Waals surface area contributed by atoms with Crippen LogP contribution in [0.15, 0.2) is 11.6 Å². The van der Waals surface area contributed by atoms with E-state index >= 15 is 4.39 Å². The van der Waals surface area contributed by atoms with Crippen LogP contribution >= 0.6 is 0 Å². The highest BCUT2D eigenvalue weighted by Crippen LogP contribution is 2.69. The first kappa shape index (κ1) is 19.3. The number of alkyl halides is 1. The average molecular weight is 378 g/mol. The van der Waals surface area contributed by atoms with E-state index in [0.717, 1.165) is 12.0 Å². The summed E-state index contributed by atoms with van der Waals surface area (Å²) in [6.45, 7) is 5.26. The fourth-order valence-electron chi connectivity index (χ4n) is 7.53. The van der Waals surface area contributed by atoms with Gasteiger partial charge in [0.05, 0.1) is 6.10 Å². The van der Waals surface area contributed by atoms with Crippen molar-refractivity contribution in [2.24, 2.45) is 34.5 Å². The van der Waals surface area contributed by atoms with Gasteiger partial charge in [0.1, 0.15) is 12.3 Å². The number of rotatable bonds is 2. The molecule has 3 saturated carbocycles. The Morgan fingerprint density at radius 2 is 1.93 bits per heavy atom. The molecule has 4 aliphatic carbocycles. The molecule has 27 heavy (non-hydrogen) atoms. The van der Waals surface area contributed by atoms with Crippen molar-refractivity contribution in [1.29, 1.82) is 0 Å². The van der Waals surface area contributed by atoms with E-state index in [0.29, 0.717) is 25.7 Å². The molecule has 0 aromatic rings. The number of carbonyl (C=O) groups excluding carboxylic acids is 2. The van der Waals surface area contributed by atoms with Crippen molar-refractivity contribution in [2.75, 3.05) is 6.61 Å². The van der Waals surface area contributed by atoms with Crippen LogP contribution in [0.5, 0.6) is 0 Å². The van der Waals surface area contributed by atoms with Crippen LogP contribution < -0.4 is 0 Å². The van der Waals surface area contributed by atoms with Crippen LogP contribution in [0.1, 0.15) is 59.3 Å². The lowest BCUT2D eigenvalue weighted by atomic mass is 9.43. The number of ketones is 2. The highest BCUT2D eigenvalue weighted by molar-refractivity contribution is 5.93. The van der Waals surface area contributed by atoms with Gasteiger partial charge in [-0.1, -0.05) is 26.3 Å². The molecule has 0 aliphatic heterocycles. The fraction of sp³-hybridized carbons (Fsp3) is 0.818.